The molecule has 78 valence electrons. The van der Waals surface area contributed by atoms with Crippen molar-refractivity contribution in [2.45, 2.75) is 18.6 Å². The Balaban J connectivity index is 2.03. The van der Waals surface area contributed by atoms with Crippen LogP contribution in [0.15, 0.2) is 18.6 Å². The van der Waals surface area contributed by atoms with E-state index < -0.39 is 0 Å². The Labute approximate surface area is 86.6 Å². The molecule has 2 unspecified atom stereocenters. The minimum absolute atomic E-state index is 0.00481. The molecule has 3 rings (SSSR count). The third-order valence-corrected chi connectivity index (χ3v) is 2.84. The summed E-state index contributed by atoms with van der Waals surface area (Å²) < 4.78 is 0. The van der Waals surface area contributed by atoms with E-state index in [4.69, 9.17) is 0 Å². The van der Waals surface area contributed by atoms with Crippen molar-refractivity contribution >= 4 is 11.2 Å². The lowest BCUT2D eigenvalue weighted by atomic mass is 10.1. The van der Waals surface area contributed by atoms with Gasteiger partial charge in [-0.25, -0.2) is 9.97 Å². The van der Waals surface area contributed by atoms with Crippen LogP contribution in [0.3, 0.4) is 0 Å². The van der Waals surface area contributed by atoms with Gasteiger partial charge in [0.25, 0.3) is 0 Å². The van der Waals surface area contributed by atoms with Gasteiger partial charge >= 0.3 is 0 Å². The summed E-state index contributed by atoms with van der Waals surface area (Å²) in [5.74, 6) is 0. The first-order chi connectivity index (χ1) is 7.34. The summed E-state index contributed by atoms with van der Waals surface area (Å²) in [7, 11) is 0. The molecule has 3 N–H and O–H groups in total. The maximum Gasteiger partial charge on any atom is 0.177 e. The fourth-order valence-electron chi connectivity index (χ4n) is 2.05. The third kappa shape index (κ3) is 1.40. The normalized spacial score (nSPS) is 26.2. The van der Waals surface area contributed by atoms with E-state index in [9.17, 15) is 5.11 Å². The molecule has 5 nitrogen and oxygen atoms in total. The van der Waals surface area contributed by atoms with Crippen LogP contribution < -0.4 is 5.32 Å². The lowest BCUT2D eigenvalue weighted by Gasteiger charge is -2.14. The number of nitrogens with one attached hydrogen (secondary N) is 2. The maximum absolute atomic E-state index is 9.75. The molecular weight excluding hydrogens is 192 g/mol. The molecule has 1 saturated heterocycles. The number of aliphatic hydroxyl groups excluding tert-OH is 1. The summed E-state index contributed by atoms with van der Waals surface area (Å²) in [6, 6.07) is 1.99. The molecule has 3 heterocycles. The van der Waals surface area contributed by atoms with Crippen LogP contribution in [0.2, 0.25) is 0 Å². The number of H-pyrrole nitrogens is 1. The summed E-state index contributed by atoms with van der Waals surface area (Å²) in [5, 5.41) is 13.0. The Morgan fingerprint density at radius 3 is 3.13 bits per heavy atom. The highest BCUT2D eigenvalue weighted by Crippen LogP contribution is 2.24. The van der Waals surface area contributed by atoms with Gasteiger partial charge in [0, 0.05) is 6.20 Å². The summed E-state index contributed by atoms with van der Waals surface area (Å²) >= 11 is 0. The SMILES string of the molecule is OC1CCNC1c1cnc2nc[nH]c2c1. The molecule has 0 aromatic carbocycles. The topological polar surface area (TPSA) is 73.8 Å². The van der Waals surface area contributed by atoms with Gasteiger partial charge in [0.2, 0.25) is 0 Å². The Hall–Kier alpha value is -1.46. The molecule has 1 aliphatic rings. The van der Waals surface area contributed by atoms with Crippen molar-refractivity contribution in [3.63, 3.8) is 0 Å². The molecule has 1 aliphatic heterocycles. The molecule has 0 radical (unpaired) electrons. The molecule has 2 aromatic rings. The number of rotatable bonds is 1. The predicted octanol–water partition coefficient (Wildman–Crippen LogP) is 0.353. The number of nitrogens with zero attached hydrogens (tertiary/aromatic N) is 2. The number of aliphatic hydroxyl groups is 1. The van der Waals surface area contributed by atoms with Gasteiger partial charge in [-0.3, -0.25) is 0 Å². The van der Waals surface area contributed by atoms with Gasteiger partial charge in [-0.2, -0.15) is 0 Å². The van der Waals surface area contributed by atoms with E-state index in [0.29, 0.717) is 5.65 Å². The zero-order valence-corrected chi connectivity index (χ0v) is 8.14. The first-order valence-electron chi connectivity index (χ1n) is 5.05. The Bertz CT molecular complexity index is 481. The first-order valence-corrected chi connectivity index (χ1v) is 5.05. The molecule has 5 heteroatoms. The fraction of sp³-hybridized carbons (Fsp3) is 0.400. The van der Waals surface area contributed by atoms with Crippen LogP contribution in [0.4, 0.5) is 0 Å². The number of imidazole rings is 1. The highest BCUT2D eigenvalue weighted by molar-refractivity contribution is 5.70. The van der Waals surface area contributed by atoms with Gasteiger partial charge < -0.3 is 15.4 Å². The van der Waals surface area contributed by atoms with Crippen molar-refractivity contribution in [3.8, 4) is 0 Å². The van der Waals surface area contributed by atoms with Crippen molar-refractivity contribution in [1.29, 1.82) is 0 Å². The number of aromatic amines is 1. The zero-order valence-electron chi connectivity index (χ0n) is 8.14. The molecule has 1 fully saturated rings. The van der Waals surface area contributed by atoms with Gasteiger partial charge in [-0.15, -0.1) is 0 Å². The van der Waals surface area contributed by atoms with Crippen molar-refractivity contribution in [3.05, 3.63) is 24.2 Å². The van der Waals surface area contributed by atoms with E-state index in [0.717, 1.165) is 24.0 Å². The minimum atomic E-state index is -0.313. The van der Waals surface area contributed by atoms with Crippen molar-refractivity contribution in [2.75, 3.05) is 6.54 Å². The highest BCUT2D eigenvalue weighted by Gasteiger charge is 2.26. The number of aromatic nitrogens is 3. The van der Waals surface area contributed by atoms with Crippen molar-refractivity contribution < 1.29 is 5.11 Å². The molecule has 15 heavy (non-hydrogen) atoms. The lowest BCUT2D eigenvalue weighted by Crippen LogP contribution is -2.20. The third-order valence-electron chi connectivity index (χ3n) is 2.84. The van der Waals surface area contributed by atoms with Crippen molar-refractivity contribution in [2.24, 2.45) is 0 Å². The summed E-state index contributed by atoms with van der Waals surface area (Å²) in [5.41, 5.74) is 2.64. The quantitative estimate of drug-likeness (QED) is 0.626. The van der Waals surface area contributed by atoms with Gasteiger partial charge in [0.05, 0.1) is 24.0 Å². The Morgan fingerprint density at radius 1 is 1.40 bits per heavy atom. The average molecular weight is 204 g/mol. The Kier molecular flexibility index (Phi) is 1.93. The molecule has 0 aliphatic carbocycles. The second-order valence-electron chi connectivity index (χ2n) is 3.83. The lowest BCUT2D eigenvalue weighted by molar-refractivity contribution is 0.160. The van der Waals surface area contributed by atoms with Crippen LogP contribution in [-0.4, -0.2) is 32.7 Å². The molecule has 0 bridgehead atoms. The zero-order chi connectivity index (χ0) is 10.3. The molecule has 0 amide bonds. The van der Waals surface area contributed by atoms with Crippen LogP contribution in [0.25, 0.3) is 11.2 Å². The van der Waals surface area contributed by atoms with Crippen LogP contribution in [-0.2, 0) is 0 Å². The van der Waals surface area contributed by atoms with Gasteiger partial charge in [-0.05, 0) is 24.6 Å². The second kappa shape index (κ2) is 3.29. The number of fused-ring (bicyclic) bond motifs is 1. The summed E-state index contributed by atoms with van der Waals surface area (Å²) in [6.07, 6.45) is 3.88. The second-order valence-corrected chi connectivity index (χ2v) is 3.83. The van der Waals surface area contributed by atoms with Gasteiger partial charge in [-0.1, -0.05) is 0 Å². The summed E-state index contributed by atoms with van der Waals surface area (Å²) in [4.78, 5) is 11.3. The standard InChI is InChI=1S/C10H12N4O/c15-8-1-2-11-9(8)6-3-7-10(12-4-6)14-5-13-7/h3-5,8-9,11,15H,1-2H2,(H,12,13,14). The van der Waals surface area contributed by atoms with Crippen LogP contribution in [0, 0.1) is 0 Å². The molecule has 2 atom stereocenters. The van der Waals surface area contributed by atoms with E-state index in [1.165, 1.54) is 0 Å². The van der Waals surface area contributed by atoms with Crippen LogP contribution in [0.5, 0.6) is 0 Å². The maximum atomic E-state index is 9.75. The molecule has 2 aromatic heterocycles. The van der Waals surface area contributed by atoms with Crippen LogP contribution >= 0.6 is 0 Å². The number of hydrogen-bond donors (Lipinski definition) is 3. The van der Waals surface area contributed by atoms with Gasteiger partial charge in [0.1, 0.15) is 0 Å². The highest BCUT2D eigenvalue weighted by atomic mass is 16.3. The van der Waals surface area contributed by atoms with Crippen LogP contribution in [0.1, 0.15) is 18.0 Å². The Morgan fingerprint density at radius 2 is 2.33 bits per heavy atom. The monoisotopic (exact) mass is 204 g/mol. The van der Waals surface area contributed by atoms with E-state index in [-0.39, 0.29) is 12.1 Å². The number of hydrogen-bond acceptors (Lipinski definition) is 4. The summed E-state index contributed by atoms with van der Waals surface area (Å²) in [6.45, 7) is 0.854. The average Bonchev–Trinajstić information content (AvgIpc) is 2.84. The van der Waals surface area contributed by atoms with E-state index in [1.807, 2.05) is 6.07 Å². The van der Waals surface area contributed by atoms with E-state index >= 15 is 0 Å². The first kappa shape index (κ1) is 8.82. The fourth-order valence-corrected chi connectivity index (χ4v) is 2.05. The molecule has 0 saturated carbocycles. The number of pyridine rings is 1. The predicted molar refractivity (Wildman–Crippen MR) is 55.3 cm³/mol. The largest absolute Gasteiger partial charge is 0.391 e. The van der Waals surface area contributed by atoms with E-state index in [1.54, 1.807) is 12.5 Å². The molecule has 0 spiro atoms. The molecular formula is C10H12N4O. The van der Waals surface area contributed by atoms with Gasteiger partial charge in [0.15, 0.2) is 5.65 Å². The smallest absolute Gasteiger partial charge is 0.177 e. The minimum Gasteiger partial charge on any atom is -0.391 e. The van der Waals surface area contributed by atoms with Crippen molar-refractivity contribution in [1.82, 2.24) is 20.3 Å². The van der Waals surface area contributed by atoms with E-state index in [2.05, 4.69) is 20.3 Å².